The molecule has 3 aromatic rings. The Morgan fingerprint density at radius 1 is 1.21 bits per heavy atom. The molecule has 1 aliphatic rings. The van der Waals surface area contributed by atoms with Crippen molar-refractivity contribution in [2.45, 2.75) is 18.8 Å². The lowest BCUT2D eigenvalue weighted by molar-refractivity contribution is 0.0476. The molecule has 3 heterocycles. The van der Waals surface area contributed by atoms with Crippen LogP contribution in [0.5, 0.6) is 0 Å². The van der Waals surface area contributed by atoms with Gasteiger partial charge < -0.3 is 19.8 Å². The van der Waals surface area contributed by atoms with E-state index < -0.39 is 0 Å². The molecule has 0 bridgehead atoms. The number of benzene rings is 1. The predicted octanol–water partition coefficient (Wildman–Crippen LogP) is 1.03. The summed E-state index contributed by atoms with van der Waals surface area (Å²) in [5.41, 5.74) is 7.53. The number of nitrogens with zero attached hydrogens (tertiary/aromatic N) is 4. The van der Waals surface area contributed by atoms with Gasteiger partial charge in [-0.3, -0.25) is 0 Å². The molecule has 122 valence electrons. The van der Waals surface area contributed by atoms with Crippen LogP contribution in [0.3, 0.4) is 0 Å². The molecule has 24 heavy (non-hydrogen) atoms. The molecule has 2 N–H and O–H groups in total. The Balaban J connectivity index is 1.34. The number of fused-ring (bicyclic) bond motifs is 1. The first kappa shape index (κ1) is 14.6. The van der Waals surface area contributed by atoms with Gasteiger partial charge in [-0.05, 0) is 12.1 Å². The number of epoxide rings is 1. The molecule has 2 unspecified atom stereocenters. The fourth-order valence-electron chi connectivity index (χ4n) is 2.53. The van der Waals surface area contributed by atoms with Gasteiger partial charge in [-0.2, -0.15) is 0 Å². The number of carbonyl (C=O) groups excluding carboxylic acids is 1. The zero-order chi connectivity index (χ0) is 16.5. The summed E-state index contributed by atoms with van der Waals surface area (Å²) in [5, 5.41) is 0. The second-order valence-corrected chi connectivity index (χ2v) is 5.51. The molecule has 0 aliphatic carbocycles. The van der Waals surface area contributed by atoms with Crippen LogP contribution in [-0.4, -0.2) is 44.3 Å². The molecule has 1 saturated heterocycles. The fourth-order valence-corrected chi connectivity index (χ4v) is 2.53. The normalized spacial score (nSPS) is 19.3. The molecule has 1 aliphatic heterocycles. The van der Waals surface area contributed by atoms with E-state index in [0.717, 1.165) is 0 Å². The van der Waals surface area contributed by atoms with Crippen LogP contribution in [0, 0.1) is 0 Å². The molecule has 0 spiro atoms. The maximum Gasteiger partial charge on any atom is 0.338 e. The standard InChI is InChI=1S/C16H15N5O3/c17-14-13-15(19-8-18-14)21(9-20-13)6-11-12(24-11)7-23-16(22)10-4-2-1-3-5-10/h1-5,8-9,11-12H,6-7H2,(H2,17,18,19). The van der Waals surface area contributed by atoms with Crippen molar-refractivity contribution in [1.29, 1.82) is 0 Å². The smallest absolute Gasteiger partial charge is 0.338 e. The first-order valence-corrected chi connectivity index (χ1v) is 7.51. The van der Waals surface area contributed by atoms with Gasteiger partial charge in [-0.25, -0.2) is 19.7 Å². The Hall–Kier alpha value is -3.00. The van der Waals surface area contributed by atoms with Crippen molar-refractivity contribution in [2.75, 3.05) is 12.3 Å². The monoisotopic (exact) mass is 325 g/mol. The van der Waals surface area contributed by atoms with Gasteiger partial charge in [-0.15, -0.1) is 0 Å². The maximum atomic E-state index is 11.9. The lowest BCUT2D eigenvalue weighted by Crippen LogP contribution is -2.14. The van der Waals surface area contributed by atoms with Crippen molar-refractivity contribution in [3.8, 4) is 0 Å². The van der Waals surface area contributed by atoms with Crippen molar-refractivity contribution in [2.24, 2.45) is 0 Å². The number of rotatable bonds is 5. The van der Waals surface area contributed by atoms with E-state index in [-0.39, 0.29) is 24.8 Å². The number of nitrogens with two attached hydrogens (primary N) is 1. The average Bonchev–Trinajstić information content (AvgIpc) is 3.22. The lowest BCUT2D eigenvalue weighted by atomic mass is 10.2. The van der Waals surface area contributed by atoms with E-state index in [4.69, 9.17) is 15.2 Å². The highest BCUT2D eigenvalue weighted by molar-refractivity contribution is 5.89. The zero-order valence-corrected chi connectivity index (χ0v) is 12.7. The number of ether oxygens (including phenoxy) is 2. The van der Waals surface area contributed by atoms with E-state index in [1.165, 1.54) is 6.33 Å². The molecule has 0 saturated carbocycles. The number of hydrogen-bond donors (Lipinski definition) is 1. The highest BCUT2D eigenvalue weighted by atomic mass is 16.6. The summed E-state index contributed by atoms with van der Waals surface area (Å²) in [6.45, 7) is 0.794. The molecular formula is C16H15N5O3. The quantitative estimate of drug-likeness (QED) is 0.551. The average molecular weight is 325 g/mol. The van der Waals surface area contributed by atoms with Crippen molar-refractivity contribution in [3.05, 3.63) is 48.5 Å². The lowest BCUT2D eigenvalue weighted by Gasteiger charge is -2.03. The van der Waals surface area contributed by atoms with E-state index in [0.29, 0.717) is 29.1 Å². The van der Waals surface area contributed by atoms with Crippen LogP contribution < -0.4 is 5.73 Å². The number of carbonyl (C=O) groups is 1. The van der Waals surface area contributed by atoms with Crippen LogP contribution in [0.2, 0.25) is 0 Å². The highest BCUT2D eigenvalue weighted by Crippen LogP contribution is 2.26. The molecule has 1 aromatic carbocycles. The fraction of sp³-hybridized carbons (Fsp3) is 0.250. The summed E-state index contributed by atoms with van der Waals surface area (Å²) in [4.78, 5) is 24.2. The molecular weight excluding hydrogens is 310 g/mol. The topological polar surface area (TPSA) is 108 Å². The Kier molecular flexibility index (Phi) is 3.58. The number of anilines is 1. The van der Waals surface area contributed by atoms with Gasteiger partial charge in [0.2, 0.25) is 0 Å². The number of nitrogen functional groups attached to an aromatic ring is 1. The first-order chi connectivity index (χ1) is 11.7. The van der Waals surface area contributed by atoms with E-state index in [2.05, 4.69) is 15.0 Å². The van der Waals surface area contributed by atoms with Crippen molar-refractivity contribution < 1.29 is 14.3 Å². The van der Waals surface area contributed by atoms with E-state index in [1.807, 2.05) is 10.6 Å². The van der Waals surface area contributed by atoms with E-state index in [9.17, 15) is 4.79 Å². The predicted molar refractivity (Wildman–Crippen MR) is 85.1 cm³/mol. The second-order valence-electron chi connectivity index (χ2n) is 5.51. The van der Waals surface area contributed by atoms with Crippen LogP contribution >= 0.6 is 0 Å². The van der Waals surface area contributed by atoms with Crippen LogP contribution in [0.15, 0.2) is 43.0 Å². The number of hydrogen-bond acceptors (Lipinski definition) is 7. The molecule has 0 radical (unpaired) electrons. The van der Waals surface area contributed by atoms with Gasteiger partial charge in [0.05, 0.1) is 18.4 Å². The largest absolute Gasteiger partial charge is 0.459 e. The van der Waals surface area contributed by atoms with Crippen LogP contribution in [0.4, 0.5) is 5.82 Å². The Bertz CT molecular complexity index is 880. The highest BCUT2D eigenvalue weighted by Gasteiger charge is 2.40. The first-order valence-electron chi connectivity index (χ1n) is 7.51. The van der Waals surface area contributed by atoms with Gasteiger partial charge >= 0.3 is 5.97 Å². The molecule has 4 rings (SSSR count). The zero-order valence-electron chi connectivity index (χ0n) is 12.7. The minimum absolute atomic E-state index is 0.0397. The van der Waals surface area contributed by atoms with Crippen molar-refractivity contribution in [3.63, 3.8) is 0 Å². The minimum atomic E-state index is -0.349. The number of imidazole rings is 1. The number of aromatic nitrogens is 4. The summed E-state index contributed by atoms with van der Waals surface area (Å²) < 4.78 is 12.7. The van der Waals surface area contributed by atoms with E-state index in [1.54, 1.807) is 30.6 Å². The summed E-state index contributed by atoms with van der Waals surface area (Å²) in [6, 6.07) is 8.88. The maximum absolute atomic E-state index is 11.9. The Morgan fingerprint density at radius 3 is 2.88 bits per heavy atom. The summed E-state index contributed by atoms with van der Waals surface area (Å²) in [7, 11) is 0. The van der Waals surface area contributed by atoms with Crippen LogP contribution in [-0.2, 0) is 16.0 Å². The summed E-state index contributed by atoms with van der Waals surface area (Å²) in [6.07, 6.45) is 2.91. The Morgan fingerprint density at radius 2 is 2.04 bits per heavy atom. The van der Waals surface area contributed by atoms with Gasteiger partial charge in [0.15, 0.2) is 11.5 Å². The van der Waals surface area contributed by atoms with Gasteiger partial charge in [-0.1, -0.05) is 18.2 Å². The summed E-state index contributed by atoms with van der Waals surface area (Å²) >= 11 is 0. The molecule has 8 heteroatoms. The number of esters is 1. The molecule has 1 fully saturated rings. The van der Waals surface area contributed by atoms with Gasteiger partial charge in [0, 0.05) is 0 Å². The van der Waals surface area contributed by atoms with Crippen LogP contribution in [0.1, 0.15) is 10.4 Å². The molecule has 2 aromatic heterocycles. The Labute approximate surface area is 137 Å². The minimum Gasteiger partial charge on any atom is -0.459 e. The van der Waals surface area contributed by atoms with Crippen molar-refractivity contribution >= 4 is 23.0 Å². The SMILES string of the molecule is Nc1ncnc2c1ncn2CC1OC1COC(=O)c1ccccc1. The molecule has 8 nitrogen and oxygen atoms in total. The molecule has 0 amide bonds. The third-order valence-corrected chi connectivity index (χ3v) is 3.88. The second kappa shape index (κ2) is 5.89. The third-order valence-electron chi connectivity index (χ3n) is 3.88. The van der Waals surface area contributed by atoms with E-state index >= 15 is 0 Å². The third kappa shape index (κ3) is 2.79. The van der Waals surface area contributed by atoms with Gasteiger partial charge in [0.25, 0.3) is 0 Å². The summed E-state index contributed by atoms with van der Waals surface area (Å²) in [5.74, 6) is 0.00208. The molecule has 2 atom stereocenters. The van der Waals surface area contributed by atoms with Crippen LogP contribution in [0.25, 0.3) is 11.2 Å². The van der Waals surface area contributed by atoms with Crippen molar-refractivity contribution in [1.82, 2.24) is 19.5 Å². The van der Waals surface area contributed by atoms with Gasteiger partial charge in [0.1, 0.15) is 30.7 Å².